The number of nitrogens with zero attached hydrogens (tertiary/aromatic N) is 4. The van der Waals surface area contributed by atoms with Crippen LogP contribution in [0.2, 0.25) is 0 Å². The highest BCUT2D eigenvalue weighted by molar-refractivity contribution is 6.25. The zero-order chi connectivity index (χ0) is 28.4. The molecule has 0 bridgehead atoms. The Hall–Kier alpha value is -4.92. The maximum absolute atomic E-state index is 13.9. The molecule has 3 N–H and O–H groups in total. The van der Waals surface area contributed by atoms with Gasteiger partial charge in [0.25, 0.3) is 17.7 Å². The van der Waals surface area contributed by atoms with Gasteiger partial charge in [-0.1, -0.05) is 53.1 Å². The number of nitrogen functional groups attached to an aromatic ring is 1. The number of nitrogens with one attached hydrogen (secondary N) is 1. The van der Waals surface area contributed by atoms with E-state index in [1.165, 1.54) is 0 Å². The van der Waals surface area contributed by atoms with Gasteiger partial charge in [-0.05, 0) is 76.4 Å². The lowest BCUT2D eigenvalue weighted by Gasteiger charge is -2.21. The van der Waals surface area contributed by atoms with Crippen LogP contribution in [0.4, 0.5) is 17.8 Å². The van der Waals surface area contributed by atoms with Crippen LogP contribution in [0.1, 0.15) is 64.5 Å². The van der Waals surface area contributed by atoms with Crippen LogP contribution >= 0.6 is 0 Å². The predicted molar refractivity (Wildman–Crippen MR) is 151 cm³/mol. The SMILES string of the molecule is Cc1ccc(C(=O)Nc2nc(N)nc(N(C(=O)c3ccc(C)cc3C)C(=O)c3ccc(C)cc3C)n2)c(C)c1. The largest absolute Gasteiger partial charge is 0.368 e. The second-order valence-corrected chi connectivity index (χ2v) is 9.67. The maximum Gasteiger partial charge on any atom is 0.268 e. The van der Waals surface area contributed by atoms with Crippen LogP contribution in [-0.4, -0.2) is 32.7 Å². The Labute approximate surface area is 227 Å². The summed E-state index contributed by atoms with van der Waals surface area (Å²) in [5.41, 5.74) is 12.1. The van der Waals surface area contributed by atoms with Crippen LogP contribution in [0.15, 0.2) is 54.6 Å². The molecule has 0 saturated carbocycles. The molecule has 0 spiro atoms. The van der Waals surface area contributed by atoms with E-state index in [0.717, 1.165) is 27.2 Å². The van der Waals surface area contributed by atoms with Crippen LogP contribution in [0, 0.1) is 41.5 Å². The zero-order valence-electron chi connectivity index (χ0n) is 22.8. The molecule has 0 saturated heterocycles. The van der Waals surface area contributed by atoms with Crippen LogP contribution < -0.4 is 16.0 Å². The van der Waals surface area contributed by atoms with Gasteiger partial charge in [0.1, 0.15) is 0 Å². The first kappa shape index (κ1) is 27.1. The molecule has 3 aromatic carbocycles. The Balaban J connectivity index is 1.80. The molecular formula is C30H30N6O3. The highest BCUT2D eigenvalue weighted by atomic mass is 16.2. The summed E-state index contributed by atoms with van der Waals surface area (Å²) in [7, 11) is 0. The van der Waals surface area contributed by atoms with Gasteiger partial charge in [-0.3, -0.25) is 19.7 Å². The summed E-state index contributed by atoms with van der Waals surface area (Å²) in [5, 5.41) is 2.62. The van der Waals surface area contributed by atoms with Gasteiger partial charge >= 0.3 is 0 Å². The molecule has 0 aliphatic rings. The third-order valence-electron chi connectivity index (χ3n) is 6.32. The van der Waals surface area contributed by atoms with Crippen LogP contribution in [0.3, 0.4) is 0 Å². The van der Waals surface area contributed by atoms with Gasteiger partial charge in [0.15, 0.2) is 0 Å². The average Bonchev–Trinajstić information content (AvgIpc) is 2.83. The topological polar surface area (TPSA) is 131 Å². The van der Waals surface area contributed by atoms with Gasteiger partial charge in [-0.25, -0.2) is 4.90 Å². The molecule has 198 valence electrons. The highest BCUT2D eigenvalue weighted by Crippen LogP contribution is 2.23. The summed E-state index contributed by atoms with van der Waals surface area (Å²) in [5.74, 6) is -2.47. The minimum atomic E-state index is -0.630. The number of amides is 3. The number of aromatic nitrogens is 3. The molecule has 0 aliphatic carbocycles. The van der Waals surface area contributed by atoms with Gasteiger partial charge in [0.05, 0.1) is 0 Å². The lowest BCUT2D eigenvalue weighted by Crippen LogP contribution is -2.39. The van der Waals surface area contributed by atoms with Crippen molar-refractivity contribution >= 4 is 35.6 Å². The fourth-order valence-corrected chi connectivity index (χ4v) is 4.40. The fraction of sp³-hybridized carbons (Fsp3) is 0.200. The number of carbonyl (C=O) groups excluding carboxylic acids is 3. The number of benzene rings is 3. The molecule has 9 heteroatoms. The van der Waals surface area contributed by atoms with E-state index in [9.17, 15) is 14.4 Å². The Bertz CT molecular complexity index is 1570. The van der Waals surface area contributed by atoms with E-state index >= 15 is 0 Å². The summed E-state index contributed by atoms with van der Waals surface area (Å²) >= 11 is 0. The molecule has 3 amide bonds. The van der Waals surface area contributed by atoms with Gasteiger partial charge in [0, 0.05) is 16.7 Å². The molecule has 4 rings (SSSR count). The van der Waals surface area contributed by atoms with Crippen molar-refractivity contribution in [1.82, 2.24) is 15.0 Å². The summed E-state index contributed by atoms with van der Waals surface area (Å²) in [4.78, 5) is 54.1. The quantitative estimate of drug-likeness (QED) is 0.351. The van der Waals surface area contributed by atoms with Crippen molar-refractivity contribution in [2.45, 2.75) is 41.5 Å². The van der Waals surface area contributed by atoms with Crippen molar-refractivity contribution in [2.24, 2.45) is 0 Å². The molecule has 0 atom stereocenters. The molecule has 1 heterocycles. The van der Waals surface area contributed by atoms with Crippen molar-refractivity contribution in [3.63, 3.8) is 0 Å². The van der Waals surface area contributed by atoms with Gasteiger partial charge in [0.2, 0.25) is 17.8 Å². The molecule has 0 aliphatic heterocycles. The number of hydrogen-bond acceptors (Lipinski definition) is 7. The Morgan fingerprint density at radius 1 is 0.641 bits per heavy atom. The van der Waals surface area contributed by atoms with E-state index < -0.39 is 17.7 Å². The summed E-state index contributed by atoms with van der Waals surface area (Å²) in [6.45, 7) is 11.2. The van der Waals surface area contributed by atoms with Gasteiger partial charge in [-0.2, -0.15) is 15.0 Å². The average molecular weight is 523 g/mol. The lowest BCUT2D eigenvalue weighted by molar-refractivity contribution is 0.0894. The van der Waals surface area contributed by atoms with Crippen molar-refractivity contribution in [3.05, 3.63) is 105 Å². The summed E-state index contributed by atoms with van der Waals surface area (Å²) in [6, 6.07) is 16.0. The van der Waals surface area contributed by atoms with Crippen LogP contribution in [-0.2, 0) is 0 Å². The Morgan fingerprint density at radius 3 is 1.51 bits per heavy atom. The van der Waals surface area contributed by atoms with Gasteiger partial charge < -0.3 is 5.73 Å². The number of rotatable bonds is 5. The fourth-order valence-electron chi connectivity index (χ4n) is 4.40. The van der Waals surface area contributed by atoms with E-state index in [-0.39, 0.29) is 17.8 Å². The minimum absolute atomic E-state index is 0.186. The molecule has 1 aromatic heterocycles. The third-order valence-corrected chi connectivity index (χ3v) is 6.32. The van der Waals surface area contributed by atoms with Crippen molar-refractivity contribution in [3.8, 4) is 0 Å². The number of anilines is 3. The zero-order valence-corrected chi connectivity index (χ0v) is 22.8. The predicted octanol–water partition coefficient (Wildman–Crippen LogP) is 5.04. The maximum atomic E-state index is 13.9. The molecule has 0 fully saturated rings. The lowest BCUT2D eigenvalue weighted by atomic mass is 10.0. The standard InChI is InChI=1S/C30H30N6O3/c1-16-7-10-22(19(4)13-16)25(37)32-29-33-28(31)34-30(35-29)36(26(38)23-11-8-17(2)14-20(23)5)27(39)24-12-9-18(3)15-21(24)6/h7-15H,1-6H3,(H3,31,32,33,34,35,37). The number of imide groups is 1. The molecular weight excluding hydrogens is 492 g/mol. The monoisotopic (exact) mass is 522 g/mol. The van der Waals surface area contributed by atoms with Crippen LogP contribution in [0.25, 0.3) is 0 Å². The van der Waals surface area contributed by atoms with Gasteiger partial charge in [-0.15, -0.1) is 0 Å². The smallest absolute Gasteiger partial charge is 0.268 e. The normalized spacial score (nSPS) is 10.7. The van der Waals surface area contributed by atoms with E-state index in [1.54, 1.807) is 44.2 Å². The van der Waals surface area contributed by atoms with E-state index in [2.05, 4.69) is 20.3 Å². The van der Waals surface area contributed by atoms with E-state index in [1.807, 2.05) is 52.0 Å². The van der Waals surface area contributed by atoms with Crippen molar-refractivity contribution in [1.29, 1.82) is 0 Å². The van der Waals surface area contributed by atoms with Crippen molar-refractivity contribution in [2.75, 3.05) is 16.0 Å². The summed E-state index contributed by atoms with van der Waals surface area (Å²) < 4.78 is 0. The highest BCUT2D eigenvalue weighted by Gasteiger charge is 2.31. The first-order valence-corrected chi connectivity index (χ1v) is 12.4. The summed E-state index contributed by atoms with van der Waals surface area (Å²) in [6.07, 6.45) is 0. The molecule has 4 aromatic rings. The van der Waals surface area contributed by atoms with E-state index in [4.69, 9.17) is 5.73 Å². The molecule has 0 unspecified atom stereocenters. The number of aryl methyl sites for hydroxylation is 6. The third kappa shape index (κ3) is 5.82. The van der Waals surface area contributed by atoms with Crippen molar-refractivity contribution < 1.29 is 14.4 Å². The first-order chi connectivity index (χ1) is 18.4. The van der Waals surface area contributed by atoms with E-state index in [0.29, 0.717) is 27.8 Å². The second kappa shape index (κ2) is 10.8. The number of hydrogen-bond donors (Lipinski definition) is 2. The first-order valence-electron chi connectivity index (χ1n) is 12.4. The second-order valence-electron chi connectivity index (χ2n) is 9.67. The molecule has 9 nitrogen and oxygen atoms in total. The Morgan fingerprint density at radius 2 is 1.08 bits per heavy atom. The number of nitrogens with two attached hydrogens (primary N) is 1. The molecule has 0 radical (unpaired) electrons. The Kier molecular flexibility index (Phi) is 7.53. The number of carbonyl (C=O) groups is 3. The van der Waals surface area contributed by atoms with Crippen LogP contribution in [0.5, 0.6) is 0 Å². The molecule has 39 heavy (non-hydrogen) atoms. The minimum Gasteiger partial charge on any atom is -0.368 e.